The maximum absolute atomic E-state index is 13.5. The molecule has 0 radical (unpaired) electrons. The van der Waals surface area contributed by atoms with E-state index in [0.29, 0.717) is 54.7 Å². The number of quaternary nitrogens is 1. The number of hydrogen-bond acceptors (Lipinski definition) is 5. The van der Waals surface area contributed by atoms with Crippen molar-refractivity contribution >= 4 is 23.0 Å². The SMILES string of the molecule is CC/C(=C(\c1ccccc1)c1ccc(OCCN(C)C(=O)CC[C@@H](C)[C@H]2CC[C@H]3[C@@H]4CC[C@@H]5C[C@H](OC(=O)C[N+]6(C)CCOCC6)CC[C@]5(C)[C@H]4CC[C@]23C)cc1)c1ccccc1. The van der Waals surface area contributed by atoms with Gasteiger partial charge in [-0.2, -0.15) is 0 Å². The molecule has 7 heteroatoms. The lowest BCUT2D eigenvalue weighted by atomic mass is 9.44. The van der Waals surface area contributed by atoms with Crippen molar-refractivity contribution in [2.75, 3.05) is 60.1 Å². The van der Waals surface area contributed by atoms with Crippen molar-refractivity contribution in [3.05, 3.63) is 102 Å². The number of benzene rings is 3. The number of carbonyl (C=O) groups is 2. The number of rotatable bonds is 15. The van der Waals surface area contributed by atoms with Crippen molar-refractivity contribution in [3.63, 3.8) is 0 Å². The Morgan fingerprint density at radius 1 is 0.810 bits per heavy atom. The normalized spacial score (nSPS) is 30.8. The van der Waals surface area contributed by atoms with E-state index in [4.69, 9.17) is 14.2 Å². The van der Waals surface area contributed by atoms with Crippen LogP contribution in [0.3, 0.4) is 0 Å². The first-order valence-corrected chi connectivity index (χ1v) is 24.8. The Hall–Kier alpha value is -3.94. The molecule has 9 atom stereocenters. The Kier molecular flexibility index (Phi) is 14.2. The summed E-state index contributed by atoms with van der Waals surface area (Å²) in [6, 6.07) is 29.8. The highest BCUT2D eigenvalue weighted by Crippen LogP contribution is 2.68. The summed E-state index contributed by atoms with van der Waals surface area (Å²) in [5.41, 5.74) is 6.91. The molecule has 5 aliphatic rings. The molecule has 0 aromatic heterocycles. The van der Waals surface area contributed by atoms with E-state index >= 15 is 0 Å². The van der Waals surface area contributed by atoms with E-state index in [1.165, 1.54) is 72.8 Å². The summed E-state index contributed by atoms with van der Waals surface area (Å²) in [6.07, 6.45) is 13.7. The molecule has 3 aromatic rings. The van der Waals surface area contributed by atoms with Crippen LogP contribution in [0.25, 0.3) is 11.1 Å². The molecule has 1 amide bonds. The maximum atomic E-state index is 13.5. The molecule has 1 heterocycles. The highest BCUT2D eigenvalue weighted by Gasteiger charge is 2.60. The van der Waals surface area contributed by atoms with E-state index in [1.807, 2.05) is 11.9 Å². The number of likely N-dealkylation sites (N-methyl/N-ethyl adjacent to an activating group) is 2. The second-order valence-corrected chi connectivity index (χ2v) is 21.3. The van der Waals surface area contributed by atoms with Crippen molar-refractivity contribution in [1.82, 2.24) is 4.90 Å². The van der Waals surface area contributed by atoms with Crippen LogP contribution >= 0.6 is 0 Å². The zero-order valence-corrected chi connectivity index (χ0v) is 39.5. The van der Waals surface area contributed by atoms with E-state index in [0.717, 1.165) is 80.0 Å². The summed E-state index contributed by atoms with van der Waals surface area (Å²) in [5, 5.41) is 0. The molecule has 0 N–H and O–H groups in total. The van der Waals surface area contributed by atoms with E-state index in [1.54, 1.807) is 0 Å². The van der Waals surface area contributed by atoms with Gasteiger partial charge in [0.15, 0.2) is 6.54 Å². The number of nitrogens with zero attached hydrogens (tertiary/aromatic N) is 2. The van der Waals surface area contributed by atoms with Crippen molar-refractivity contribution in [2.45, 2.75) is 111 Å². The molecule has 340 valence electrons. The zero-order chi connectivity index (χ0) is 44.2. The van der Waals surface area contributed by atoms with Gasteiger partial charge >= 0.3 is 5.97 Å². The van der Waals surface area contributed by atoms with Gasteiger partial charge in [-0.25, -0.2) is 4.79 Å². The molecule has 4 aliphatic carbocycles. The van der Waals surface area contributed by atoms with Crippen LogP contribution in [0.1, 0.15) is 121 Å². The molecule has 63 heavy (non-hydrogen) atoms. The number of morpholine rings is 1. The van der Waals surface area contributed by atoms with E-state index in [-0.39, 0.29) is 18.0 Å². The lowest BCUT2D eigenvalue weighted by molar-refractivity contribution is -0.910. The number of fused-ring (bicyclic) bond motifs is 5. The minimum absolute atomic E-state index is 0.0164. The van der Waals surface area contributed by atoms with Crippen LogP contribution < -0.4 is 4.74 Å². The number of ether oxygens (including phenoxy) is 3. The Morgan fingerprint density at radius 2 is 1.46 bits per heavy atom. The number of amides is 1. The van der Waals surface area contributed by atoms with Gasteiger partial charge in [0.25, 0.3) is 0 Å². The first-order chi connectivity index (χ1) is 30.4. The quantitative estimate of drug-likeness (QED) is 0.0865. The van der Waals surface area contributed by atoms with E-state index in [2.05, 4.69) is 120 Å². The topological polar surface area (TPSA) is 65.1 Å². The van der Waals surface area contributed by atoms with Crippen molar-refractivity contribution in [1.29, 1.82) is 0 Å². The number of allylic oxidation sites excluding steroid dienone is 1. The fourth-order valence-corrected chi connectivity index (χ4v) is 13.9. The molecule has 3 aromatic carbocycles. The predicted molar refractivity (Wildman–Crippen MR) is 254 cm³/mol. The van der Waals surface area contributed by atoms with Gasteiger partial charge in [0.1, 0.15) is 31.5 Å². The molecule has 0 unspecified atom stereocenters. The molecular formula is C56H77N2O5+. The van der Waals surface area contributed by atoms with Gasteiger partial charge in [-0.15, -0.1) is 0 Å². The standard InChI is InChI=1S/C56H77N2O5/c1-7-47(41-14-10-8-11-15-41)54(42-16-12-9-13-17-42)43-19-22-45(23-20-43)62-35-32-57(5)52(59)27-18-40(2)49-25-26-50-48-24-21-44-38-46(63-53(60)39-58(6)33-36-61-37-34-58)28-30-55(44,3)51(48)29-31-56(49,50)4/h8-17,19-20,22-23,40,44,46,48-51H,7,18,21,24-39H2,1-6H3/q+1/b54-47-/t40-,44-,46-,48+,49-,50+,51+,55+,56-/m1/s1. The molecule has 7 nitrogen and oxygen atoms in total. The largest absolute Gasteiger partial charge is 0.492 e. The van der Waals surface area contributed by atoms with Crippen LogP contribution in [-0.2, 0) is 19.1 Å². The molecule has 1 saturated heterocycles. The van der Waals surface area contributed by atoms with E-state index in [9.17, 15) is 9.59 Å². The lowest BCUT2D eigenvalue weighted by Gasteiger charge is -2.61. The first kappa shape index (κ1) is 45.6. The summed E-state index contributed by atoms with van der Waals surface area (Å²) in [6.45, 7) is 14.6. The molecular weight excluding hydrogens is 781 g/mol. The van der Waals surface area contributed by atoms with Gasteiger partial charge in [-0.05, 0) is 157 Å². The molecule has 0 bridgehead atoms. The van der Waals surface area contributed by atoms with Crippen LogP contribution in [0.15, 0.2) is 84.9 Å². The van der Waals surface area contributed by atoms with Gasteiger partial charge in [0.2, 0.25) is 5.91 Å². The molecule has 4 saturated carbocycles. The maximum Gasteiger partial charge on any atom is 0.362 e. The molecule has 1 aliphatic heterocycles. The minimum atomic E-state index is -0.0164. The highest BCUT2D eigenvalue weighted by molar-refractivity contribution is 5.98. The van der Waals surface area contributed by atoms with Crippen molar-refractivity contribution < 1.29 is 28.3 Å². The van der Waals surface area contributed by atoms with Gasteiger partial charge in [-0.3, -0.25) is 4.79 Å². The monoisotopic (exact) mass is 858 g/mol. The third-order valence-corrected chi connectivity index (χ3v) is 17.7. The fourth-order valence-electron chi connectivity index (χ4n) is 13.9. The summed E-state index contributed by atoms with van der Waals surface area (Å²) in [5.74, 6) is 5.28. The Bertz CT molecular complexity index is 2030. The van der Waals surface area contributed by atoms with Gasteiger partial charge < -0.3 is 23.6 Å². The van der Waals surface area contributed by atoms with Crippen LogP contribution in [0.2, 0.25) is 0 Å². The summed E-state index contributed by atoms with van der Waals surface area (Å²) in [7, 11) is 4.10. The summed E-state index contributed by atoms with van der Waals surface area (Å²) in [4.78, 5) is 28.5. The van der Waals surface area contributed by atoms with Crippen molar-refractivity contribution in [2.24, 2.45) is 46.3 Å². The number of carbonyl (C=O) groups excluding carboxylic acids is 2. The number of esters is 1. The van der Waals surface area contributed by atoms with Gasteiger partial charge in [0, 0.05) is 13.5 Å². The van der Waals surface area contributed by atoms with Gasteiger partial charge in [-0.1, -0.05) is 100 Å². The van der Waals surface area contributed by atoms with Crippen LogP contribution in [0.4, 0.5) is 0 Å². The Balaban J connectivity index is 0.800. The molecule has 5 fully saturated rings. The van der Waals surface area contributed by atoms with Crippen molar-refractivity contribution in [3.8, 4) is 5.75 Å². The van der Waals surface area contributed by atoms with Gasteiger partial charge in [0.05, 0.1) is 26.8 Å². The molecule has 8 rings (SSSR count). The smallest absolute Gasteiger partial charge is 0.362 e. The van der Waals surface area contributed by atoms with Crippen LogP contribution in [0.5, 0.6) is 5.75 Å². The fraction of sp³-hybridized carbons (Fsp3) is 0.607. The second kappa shape index (κ2) is 19.7. The summed E-state index contributed by atoms with van der Waals surface area (Å²) >= 11 is 0. The first-order valence-electron chi connectivity index (χ1n) is 24.8. The third kappa shape index (κ3) is 9.86. The Labute approximate surface area is 379 Å². The predicted octanol–water partition coefficient (Wildman–Crippen LogP) is 11.4. The highest BCUT2D eigenvalue weighted by atomic mass is 16.5. The van der Waals surface area contributed by atoms with Crippen LogP contribution in [0, 0.1) is 46.3 Å². The summed E-state index contributed by atoms with van der Waals surface area (Å²) < 4.78 is 18.7. The minimum Gasteiger partial charge on any atom is -0.492 e. The average Bonchev–Trinajstić information content (AvgIpc) is 3.65. The number of hydrogen-bond donors (Lipinski definition) is 0. The zero-order valence-electron chi connectivity index (χ0n) is 39.5. The van der Waals surface area contributed by atoms with Crippen LogP contribution in [-0.4, -0.2) is 87.5 Å². The average molecular weight is 858 g/mol. The lowest BCUT2D eigenvalue weighted by Crippen LogP contribution is -2.56. The third-order valence-electron chi connectivity index (χ3n) is 17.7. The Morgan fingerprint density at radius 3 is 2.16 bits per heavy atom. The van der Waals surface area contributed by atoms with E-state index < -0.39 is 0 Å². The molecule has 0 spiro atoms. The second-order valence-electron chi connectivity index (χ2n) is 21.3.